The van der Waals surface area contributed by atoms with E-state index in [0.29, 0.717) is 6.54 Å². The molecule has 1 aliphatic rings. The maximum atomic E-state index is 12.1. The maximum Gasteiger partial charge on any atom is 0.279 e. The lowest BCUT2D eigenvalue weighted by Crippen LogP contribution is -2.51. The average molecular weight is 249 g/mol. The summed E-state index contributed by atoms with van der Waals surface area (Å²) in [6.45, 7) is 7.91. The third-order valence-corrected chi connectivity index (χ3v) is 4.66. The van der Waals surface area contributed by atoms with Crippen LogP contribution < -0.4 is 10.0 Å². The normalized spacial score (nSPS) is 19.6. The lowest BCUT2D eigenvalue weighted by molar-refractivity contribution is 0.267. The Labute approximate surface area is 98.8 Å². The van der Waals surface area contributed by atoms with Crippen LogP contribution in [0.3, 0.4) is 0 Å². The van der Waals surface area contributed by atoms with Gasteiger partial charge in [-0.3, -0.25) is 0 Å². The van der Waals surface area contributed by atoms with Gasteiger partial charge in [0.2, 0.25) is 0 Å². The van der Waals surface area contributed by atoms with E-state index >= 15 is 0 Å². The van der Waals surface area contributed by atoms with Crippen LogP contribution in [0.2, 0.25) is 0 Å². The molecule has 1 rings (SSSR count). The highest BCUT2D eigenvalue weighted by atomic mass is 32.2. The van der Waals surface area contributed by atoms with Gasteiger partial charge in [-0.25, -0.2) is 0 Å². The lowest BCUT2D eigenvalue weighted by Gasteiger charge is -2.33. The highest BCUT2D eigenvalue weighted by molar-refractivity contribution is 7.87. The molecular weight excluding hydrogens is 226 g/mol. The van der Waals surface area contributed by atoms with Gasteiger partial charge in [-0.15, -0.1) is 0 Å². The summed E-state index contributed by atoms with van der Waals surface area (Å²) < 4.78 is 28.4. The second kappa shape index (κ2) is 5.95. The van der Waals surface area contributed by atoms with Crippen molar-refractivity contribution >= 4 is 10.2 Å². The monoisotopic (exact) mass is 249 g/mol. The summed E-state index contributed by atoms with van der Waals surface area (Å²) in [5.74, 6) is 0. The Bertz CT molecular complexity index is 297. The van der Waals surface area contributed by atoms with Crippen molar-refractivity contribution in [1.82, 2.24) is 14.3 Å². The van der Waals surface area contributed by atoms with E-state index in [-0.39, 0.29) is 12.1 Å². The van der Waals surface area contributed by atoms with Crippen LogP contribution in [0.1, 0.15) is 33.6 Å². The third kappa shape index (κ3) is 3.69. The topological polar surface area (TPSA) is 61.4 Å². The quantitative estimate of drug-likeness (QED) is 0.737. The minimum absolute atomic E-state index is 0.0548. The van der Waals surface area contributed by atoms with Gasteiger partial charge < -0.3 is 5.32 Å². The molecule has 5 nitrogen and oxygen atoms in total. The summed E-state index contributed by atoms with van der Waals surface area (Å²) in [6, 6.07) is 0.0864. The molecule has 1 fully saturated rings. The van der Waals surface area contributed by atoms with E-state index in [1.807, 2.05) is 20.8 Å². The van der Waals surface area contributed by atoms with Crippen LogP contribution in [0.4, 0.5) is 0 Å². The number of hydrogen-bond acceptors (Lipinski definition) is 3. The SMILES string of the molecule is CCN(C1CCNCC1)S(=O)(=O)NC(C)C. The largest absolute Gasteiger partial charge is 0.317 e. The first-order valence-corrected chi connectivity index (χ1v) is 7.41. The van der Waals surface area contributed by atoms with Gasteiger partial charge in [0.25, 0.3) is 10.2 Å². The van der Waals surface area contributed by atoms with Gasteiger partial charge in [-0.2, -0.15) is 17.4 Å². The lowest BCUT2D eigenvalue weighted by atomic mass is 10.1. The van der Waals surface area contributed by atoms with Crippen molar-refractivity contribution in [3.63, 3.8) is 0 Å². The Kier molecular flexibility index (Phi) is 5.17. The van der Waals surface area contributed by atoms with Crippen LogP contribution in [0, 0.1) is 0 Å². The van der Waals surface area contributed by atoms with Crippen LogP contribution in [0.15, 0.2) is 0 Å². The van der Waals surface area contributed by atoms with Gasteiger partial charge in [-0.05, 0) is 39.8 Å². The van der Waals surface area contributed by atoms with Crippen molar-refractivity contribution in [3.8, 4) is 0 Å². The number of nitrogens with one attached hydrogen (secondary N) is 2. The minimum Gasteiger partial charge on any atom is -0.317 e. The second-order valence-corrected chi connectivity index (χ2v) is 6.12. The van der Waals surface area contributed by atoms with Crippen molar-refractivity contribution < 1.29 is 8.42 Å². The summed E-state index contributed by atoms with van der Waals surface area (Å²) in [4.78, 5) is 0. The maximum absolute atomic E-state index is 12.1. The van der Waals surface area contributed by atoms with Crippen molar-refractivity contribution in [2.45, 2.75) is 45.7 Å². The fourth-order valence-corrected chi connectivity index (χ4v) is 3.76. The van der Waals surface area contributed by atoms with Crippen molar-refractivity contribution in [2.24, 2.45) is 0 Å². The van der Waals surface area contributed by atoms with Crippen LogP contribution in [-0.4, -0.2) is 44.4 Å². The van der Waals surface area contributed by atoms with E-state index in [4.69, 9.17) is 0 Å². The van der Waals surface area contributed by atoms with E-state index in [0.717, 1.165) is 25.9 Å². The van der Waals surface area contributed by atoms with Crippen LogP contribution in [-0.2, 0) is 10.2 Å². The molecule has 96 valence electrons. The zero-order valence-corrected chi connectivity index (χ0v) is 11.2. The van der Waals surface area contributed by atoms with E-state index < -0.39 is 10.2 Å². The zero-order chi connectivity index (χ0) is 12.2. The Hall–Kier alpha value is -0.170. The number of piperidine rings is 1. The number of hydrogen-bond donors (Lipinski definition) is 2. The van der Waals surface area contributed by atoms with Crippen molar-refractivity contribution in [1.29, 1.82) is 0 Å². The molecule has 0 atom stereocenters. The van der Waals surface area contributed by atoms with Crippen LogP contribution >= 0.6 is 0 Å². The van der Waals surface area contributed by atoms with E-state index in [2.05, 4.69) is 10.0 Å². The van der Waals surface area contributed by atoms with Crippen molar-refractivity contribution in [3.05, 3.63) is 0 Å². The molecule has 1 saturated heterocycles. The first-order valence-electron chi connectivity index (χ1n) is 5.97. The first-order chi connectivity index (χ1) is 7.47. The molecule has 1 heterocycles. The van der Waals surface area contributed by atoms with Gasteiger partial charge >= 0.3 is 0 Å². The molecular formula is C10H23N3O2S. The van der Waals surface area contributed by atoms with Gasteiger partial charge in [0.1, 0.15) is 0 Å². The molecule has 0 saturated carbocycles. The van der Waals surface area contributed by atoms with Gasteiger partial charge in [0.05, 0.1) is 0 Å². The molecule has 6 heteroatoms. The Morgan fingerprint density at radius 2 is 1.94 bits per heavy atom. The molecule has 0 spiro atoms. The van der Waals surface area contributed by atoms with Gasteiger partial charge in [-0.1, -0.05) is 6.92 Å². The Morgan fingerprint density at radius 1 is 1.38 bits per heavy atom. The molecule has 2 N–H and O–H groups in total. The Balaban J connectivity index is 2.71. The molecule has 0 aromatic rings. The molecule has 0 aliphatic carbocycles. The van der Waals surface area contributed by atoms with Crippen molar-refractivity contribution in [2.75, 3.05) is 19.6 Å². The first kappa shape index (κ1) is 13.9. The fourth-order valence-electron chi connectivity index (χ4n) is 2.08. The van der Waals surface area contributed by atoms with E-state index in [1.54, 1.807) is 4.31 Å². The minimum atomic E-state index is -3.32. The number of rotatable bonds is 5. The standard InChI is InChI=1S/C10H23N3O2S/c1-4-13(10-5-7-11-8-6-10)16(14,15)12-9(2)3/h9-12H,4-8H2,1-3H3. The third-order valence-electron chi connectivity index (χ3n) is 2.72. The molecule has 0 aromatic heterocycles. The fraction of sp³-hybridized carbons (Fsp3) is 1.00. The summed E-state index contributed by atoms with van der Waals surface area (Å²) >= 11 is 0. The predicted octanol–water partition coefficient (Wildman–Crippen LogP) is 0.303. The van der Waals surface area contributed by atoms with E-state index in [1.165, 1.54) is 0 Å². The molecule has 0 radical (unpaired) electrons. The zero-order valence-electron chi connectivity index (χ0n) is 10.4. The molecule has 0 unspecified atom stereocenters. The van der Waals surface area contributed by atoms with Gasteiger partial charge in [0, 0.05) is 18.6 Å². The summed E-state index contributed by atoms with van der Waals surface area (Å²) in [5, 5.41) is 3.24. The molecule has 0 amide bonds. The van der Waals surface area contributed by atoms with Crippen LogP contribution in [0.5, 0.6) is 0 Å². The highest BCUT2D eigenvalue weighted by Crippen LogP contribution is 2.15. The highest BCUT2D eigenvalue weighted by Gasteiger charge is 2.29. The second-order valence-electron chi connectivity index (χ2n) is 4.46. The molecule has 16 heavy (non-hydrogen) atoms. The van der Waals surface area contributed by atoms with E-state index in [9.17, 15) is 8.42 Å². The molecule has 1 aliphatic heterocycles. The number of nitrogens with zero attached hydrogens (tertiary/aromatic N) is 1. The molecule has 0 aromatic carbocycles. The predicted molar refractivity (Wildman–Crippen MR) is 65.5 cm³/mol. The molecule has 0 bridgehead atoms. The Morgan fingerprint density at radius 3 is 2.38 bits per heavy atom. The van der Waals surface area contributed by atoms with Gasteiger partial charge in [0.15, 0.2) is 0 Å². The summed E-state index contributed by atoms with van der Waals surface area (Å²) in [6.07, 6.45) is 1.79. The summed E-state index contributed by atoms with van der Waals surface area (Å²) in [5.41, 5.74) is 0. The summed E-state index contributed by atoms with van der Waals surface area (Å²) in [7, 11) is -3.32. The van der Waals surface area contributed by atoms with Crippen LogP contribution in [0.25, 0.3) is 0 Å². The smallest absolute Gasteiger partial charge is 0.279 e. The average Bonchev–Trinajstić information content (AvgIpc) is 2.17.